The molecule has 0 saturated heterocycles. The Balaban J connectivity index is 1.98. The van der Waals surface area contributed by atoms with Crippen molar-refractivity contribution in [3.8, 4) is 0 Å². The minimum atomic E-state index is -0.811. The molecule has 1 fully saturated rings. The molecule has 2 rings (SSSR count). The molecule has 0 aliphatic heterocycles. The van der Waals surface area contributed by atoms with Crippen LogP contribution in [0.25, 0.3) is 0 Å². The Hall–Kier alpha value is -1.49. The zero-order chi connectivity index (χ0) is 11.9. The lowest BCUT2D eigenvalue weighted by Crippen LogP contribution is -2.40. The third kappa shape index (κ3) is 1.90. The van der Waals surface area contributed by atoms with Crippen LogP contribution in [0.4, 0.5) is 4.79 Å². The lowest BCUT2D eigenvalue weighted by atomic mass is 10.1. The first-order valence-corrected chi connectivity index (χ1v) is 5.34. The SMILES string of the molecule is Cc1ccc([C@@H]2C[C@H]2C(C)N(O)C(N)=O)o1. The molecule has 3 atom stereocenters. The number of aryl methyl sites for hydroxylation is 1. The molecule has 3 N–H and O–H groups in total. The number of amides is 2. The molecule has 16 heavy (non-hydrogen) atoms. The van der Waals surface area contributed by atoms with Gasteiger partial charge in [-0.3, -0.25) is 5.21 Å². The summed E-state index contributed by atoms with van der Waals surface area (Å²) in [5.74, 6) is 2.32. The first kappa shape index (κ1) is 11.0. The summed E-state index contributed by atoms with van der Waals surface area (Å²) in [7, 11) is 0. The topological polar surface area (TPSA) is 79.7 Å². The quantitative estimate of drug-likeness (QED) is 0.607. The van der Waals surface area contributed by atoms with E-state index >= 15 is 0 Å². The van der Waals surface area contributed by atoms with Gasteiger partial charge in [-0.25, -0.2) is 9.86 Å². The summed E-state index contributed by atoms with van der Waals surface area (Å²) in [5.41, 5.74) is 5.00. The van der Waals surface area contributed by atoms with Crippen LogP contribution in [-0.4, -0.2) is 22.3 Å². The highest BCUT2D eigenvalue weighted by atomic mass is 16.5. The van der Waals surface area contributed by atoms with E-state index in [1.54, 1.807) is 6.92 Å². The molecule has 0 spiro atoms. The number of hydrogen-bond donors (Lipinski definition) is 2. The molecule has 1 aromatic heterocycles. The molecule has 1 saturated carbocycles. The van der Waals surface area contributed by atoms with Crippen molar-refractivity contribution in [1.82, 2.24) is 5.06 Å². The van der Waals surface area contributed by atoms with Crippen molar-refractivity contribution in [3.63, 3.8) is 0 Å². The van der Waals surface area contributed by atoms with E-state index in [0.29, 0.717) is 5.06 Å². The molecule has 1 unspecified atom stereocenters. The van der Waals surface area contributed by atoms with Crippen LogP contribution in [0.3, 0.4) is 0 Å². The fourth-order valence-electron chi connectivity index (χ4n) is 2.11. The Bertz CT molecular complexity index is 402. The second kappa shape index (κ2) is 3.83. The van der Waals surface area contributed by atoms with Gasteiger partial charge < -0.3 is 10.2 Å². The highest BCUT2D eigenvalue weighted by Crippen LogP contribution is 2.50. The Morgan fingerprint density at radius 1 is 1.69 bits per heavy atom. The van der Waals surface area contributed by atoms with Gasteiger partial charge >= 0.3 is 6.03 Å². The second-order valence-corrected chi connectivity index (χ2v) is 4.38. The summed E-state index contributed by atoms with van der Waals surface area (Å²) in [6.07, 6.45) is 0.915. The maximum Gasteiger partial charge on any atom is 0.338 e. The number of nitrogens with two attached hydrogens (primary N) is 1. The van der Waals surface area contributed by atoms with E-state index in [-0.39, 0.29) is 17.9 Å². The van der Waals surface area contributed by atoms with Crippen molar-refractivity contribution < 1.29 is 14.4 Å². The summed E-state index contributed by atoms with van der Waals surface area (Å²) >= 11 is 0. The van der Waals surface area contributed by atoms with Crippen LogP contribution in [-0.2, 0) is 0 Å². The van der Waals surface area contributed by atoms with E-state index in [1.807, 2.05) is 19.1 Å². The molecule has 1 aliphatic carbocycles. The van der Waals surface area contributed by atoms with Crippen LogP contribution in [0, 0.1) is 12.8 Å². The molecular weight excluding hydrogens is 208 g/mol. The third-order valence-corrected chi connectivity index (χ3v) is 3.20. The number of carbonyl (C=O) groups excluding carboxylic acids is 1. The van der Waals surface area contributed by atoms with Crippen LogP contribution in [0.5, 0.6) is 0 Å². The molecule has 1 heterocycles. The highest BCUT2D eigenvalue weighted by molar-refractivity contribution is 5.71. The standard InChI is InChI=1S/C11H16N2O3/c1-6-3-4-10(16-6)9-5-8(9)7(2)13(15)11(12)14/h3-4,7-9,15H,5H2,1-2H3,(H2,12,14)/t7?,8-,9+/m0/s1. The molecule has 1 aliphatic rings. The van der Waals surface area contributed by atoms with Gasteiger partial charge in [-0.2, -0.15) is 0 Å². The largest absolute Gasteiger partial charge is 0.466 e. The number of nitrogens with zero attached hydrogens (tertiary/aromatic N) is 1. The zero-order valence-corrected chi connectivity index (χ0v) is 9.38. The van der Waals surface area contributed by atoms with Crippen molar-refractivity contribution in [2.24, 2.45) is 11.7 Å². The molecule has 0 aromatic carbocycles. The molecule has 5 nitrogen and oxygen atoms in total. The third-order valence-electron chi connectivity index (χ3n) is 3.20. The predicted octanol–water partition coefficient (Wildman–Crippen LogP) is 1.85. The number of carbonyl (C=O) groups is 1. The van der Waals surface area contributed by atoms with E-state index in [4.69, 9.17) is 10.2 Å². The van der Waals surface area contributed by atoms with E-state index in [1.165, 1.54) is 0 Å². The summed E-state index contributed by atoms with van der Waals surface area (Å²) in [6.45, 7) is 3.68. The van der Waals surface area contributed by atoms with Gasteiger partial charge in [0.05, 0.1) is 6.04 Å². The Labute approximate surface area is 93.8 Å². The maximum atomic E-state index is 10.8. The van der Waals surface area contributed by atoms with Gasteiger partial charge in [0.25, 0.3) is 0 Å². The highest BCUT2D eigenvalue weighted by Gasteiger charge is 2.46. The van der Waals surface area contributed by atoms with Crippen molar-refractivity contribution in [2.45, 2.75) is 32.2 Å². The van der Waals surface area contributed by atoms with E-state index in [9.17, 15) is 10.0 Å². The number of furan rings is 1. The number of hydroxylamine groups is 2. The Kier molecular flexibility index (Phi) is 2.63. The lowest BCUT2D eigenvalue weighted by Gasteiger charge is -2.20. The van der Waals surface area contributed by atoms with Gasteiger partial charge in [-0.05, 0) is 38.3 Å². The Morgan fingerprint density at radius 2 is 2.38 bits per heavy atom. The second-order valence-electron chi connectivity index (χ2n) is 4.38. The molecule has 88 valence electrons. The van der Waals surface area contributed by atoms with Gasteiger partial charge in [0.1, 0.15) is 11.5 Å². The van der Waals surface area contributed by atoms with E-state index in [2.05, 4.69) is 0 Å². The fourth-order valence-corrected chi connectivity index (χ4v) is 2.11. The summed E-state index contributed by atoms with van der Waals surface area (Å²) < 4.78 is 5.51. The smallest absolute Gasteiger partial charge is 0.338 e. The van der Waals surface area contributed by atoms with Gasteiger partial charge in [0.15, 0.2) is 0 Å². The number of hydrogen-bond acceptors (Lipinski definition) is 3. The first-order valence-electron chi connectivity index (χ1n) is 5.34. The maximum absolute atomic E-state index is 10.8. The van der Waals surface area contributed by atoms with Crippen LogP contribution in [0.2, 0.25) is 0 Å². The minimum absolute atomic E-state index is 0.225. The minimum Gasteiger partial charge on any atom is -0.466 e. The van der Waals surface area contributed by atoms with Crippen LogP contribution in [0.1, 0.15) is 30.8 Å². The first-order chi connectivity index (χ1) is 7.50. The fraction of sp³-hybridized carbons (Fsp3) is 0.545. The van der Waals surface area contributed by atoms with Crippen molar-refractivity contribution >= 4 is 6.03 Å². The van der Waals surface area contributed by atoms with Crippen LogP contribution < -0.4 is 5.73 Å². The van der Waals surface area contributed by atoms with Crippen molar-refractivity contribution in [2.75, 3.05) is 0 Å². The van der Waals surface area contributed by atoms with Crippen molar-refractivity contribution in [1.29, 1.82) is 0 Å². The monoisotopic (exact) mass is 224 g/mol. The molecule has 1 aromatic rings. The summed E-state index contributed by atoms with van der Waals surface area (Å²) in [6, 6.07) is 2.78. The van der Waals surface area contributed by atoms with Gasteiger partial charge in [-0.15, -0.1) is 0 Å². The number of rotatable bonds is 3. The molecule has 2 amide bonds. The lowest BCUT2D eigenvalue weighted by molar-refractivity contribution is -0.0761. The zero-order valence-electron chi connectivity index (χ0n) is 9.38. The van der Waals surface area contributed by atoms with Crippen LogP contribution >= 0.6 is 0 Å². The van der Waals surface area contributed by atoms with E-state index < -0.39 is 6.03 Å². The van der Waals surface area contributed by atoms with Gasteiger partial charge in [-0.1, -0.05) is 0 Å². The molecule has 0 bridgehead atoms. The molecular formula is C11H16N2O3. The van der Waals surface area contributed by atoms with Crippen LogP contribution in [0.15, 0.2) is 16.5 Å². The van der Waals surface area contributed by atoms with E-state index in [0.717, 1.165) is 17.9 Å². The molecule has 0 radical (unpaired) electrons. The van der Waals surface area contributed by atoms with Gasteiger partial charge in [0.2, 0.25) is 0 Å². The van der Waals surface area contributed by atoms with Gasteiger partial charge in [0, 0.05) is 5.92 Å². The average molecular weight is 224 g/mol. The summed E-state index contributed by atoms with van der Waals surface area (Å²) in [5, 5.41) is 10.0. The number of primary amides is 1. The normalized spacial score (nSPS) is 25.2. The average Bonchev–Trinajstić information content (AvgIpc) is 2.92. The Morgan fingerprint density at radius 3 is 2.88 bits per heavy atom. The van der Waals surface area contributed by atoms with Crippen molar-refractivity contribution in [3.05, 3.63) is 23.7 Å². The predicted molar refractivity (Wildman–Crippen MR) is 57.0 cm³/mol. The summed E-state index contributed by atoms with van der Waals surface area (Å²) in [4.78, 5) is 10.8. The number of urea groups is 1. The molecule has 5 heteroatoms.